The Balaban J connectivity index is 0.000000437. The Morgan fingerprint density at radius 3 is 2.00 bits per heavy atom. The molecule has 1 aromatic carbocycles. The number of aliphatic hydroxyl groups is 1. The van der Waals surface area contributed by atoms with E-state index in [1.54, 1.807) is 0 Å². The number of phenolic OH excluding ortho intramolecular Hbond substituents is 2. The van der Waals surface area contributed by atoms with Gasteiger partial charge in [-0.1, -0.05) is 6.07 Å². The first kappa shape index (κ1) is 15.6. The second kappa shape index (κ2) is 6.37. The van der Waals surface area contributed by atoms with E-state index in [9.17, 15) is 5.11 Å². The highest BCUT2D eigenvalue weighted by atomic mass is 32.3. The minimum absolute atomic E-state index is 0.0875. The van der Waals surface area contributed by atoms with Gasteiger partial charge in [0.25, 0.3) is 0 Å². The topological polar surface area (TPSA) is 161 Å². The summed E-state index contributed by atoms with van der Waals surface area (Å²) in [5, 5.41) is 27.2. The van der Waals surface area contributed by atoms with Gasteiger partial charge >= 0.3 is 10.4 Å². The second-order valence-corrected chi connectivity index (χ2v) is 3.84. The van der Waals surface area contributed by atoms with Crippen molar-refractivity contribution in [3.8, 4) is 11.5 Å². The van der Waals surface area contributed by atoms with Gasteiger partial charge in [0, 0.05) is 6.54 Å². The number of benzene rings is 1. The van der Waals surface area contributed by atoms with Crippen molar-refractivity contribution in [1.29, 1.82) is 0 Å². The first-order valence-electron chi connectivity index (χ1n) is 4.25. The molecule has 0 aromatic heterocycles. The Morgan fingerprint density at radius 1 is 1.18 bits per heavy atom. The molecule has 0 aliphatic rings. The highest BCUT2D eigenvalue weighted by Gasteiger charge is 2.07. The van der Waals surface area contributed by atoms with E-state index in [1.807, 2.05) is 0 Å². The molecule has 0 amide bonds. The molecule has 0 aliphatic carbocycles. The first-order valence-corrected chi connectivity index (χ1v) is 5.64. The third kappa shape index (κ3) is 7.49. The minimum Gasteiger partial charge on any atom is -0.504 e. The van der Waals surface area contributed by atoms with Crippen LogP contribution in [0.1, 0.15) is 11.7 Å². The van der Waals surface area contributed by atoms with Gasteiger partial charge in [-0.15, -0.1) is 0 Å². The number of aromatic hydroxyl groups is 2. The summed E-state index contributed by atoms with van der Waals surface area (Å²) in [6.07, 6.45) is -0.795. The van der Waals surface area contributed by atoms with Crippen molar-refractivity contribution in [1.82, 2.24) is 0 Å². The fraction of sp³-hybridized carbons (Fsp3) is 0.250. The van der Waals surface area contributed by atoms with E-state index < -0.39 is 16.5 Å². The minimum atomic E-state index is -4.67. The van der Waals surface area contributed by atoms with Crippen molar-refractivity contribution in [2.75, 3.05) is 6.54 Å². The predicted molar refractivity (Wildman–Crippen MR) is 58.0 cm³/mol. The molecule has 9 heteroatoms. The Kier molecular flexibility index (Phi) is 5.85. The molecule has 0 saturated heterocycles. The van der Waals surface area contributed by atoms with Gasteiger partial charge in [-0.2, -0.15) is 8.42 Å². The van der Waals surface area contributed by atoms with Crippen molar-refractivity contribution in [2.45, 2.75) is 6.10 Å². The van der Waals surface area contributed by atoms with Crippen molar-refractivity contribution >= 4 is 10.4 Å². The molecule has 0 spiro atoms. The van der Waals surface area contributed by atoms with Gasteiger partial charge in [0.05, 0.1) is 6.10 Å². The van der Waals surface area contributed by atoms with Gasteiger partial charge in [0.1, 0.15) is 0 Å². The van der Waals surface area contributed by atoms with Crippen molar-refractivity contribution in [3.63, 3.8) is 0 Å². The summed E-state index contributed by atoms with van der Waals surface area (Å²) in [4.78, 5) is 0. The lowest BCUT2D eigenvalue weighted by atomic mass is 10.1. The molecule has 0 fully saturated rings. The summed E-state index contributed by atoms with van der Waals surface area (Å²) in [5.74, 6) is -0.456. The molecule has 0 heterocycles. The molecular weight excluding hydrogens is 254 g/mol. The number of hydrogen-bond donors (Lipinski definition) is 6. The van der Waals surface area contributed by atoms with Gasteiger partial charge in [-0.05, 0) is 17.7 Å². The average molecular weight is 267 g/mol. The molecule has 0 aliphatic heterocycles. The Hall–Kier alpha value is -1.39. The lowest BCUT2D eigenvalue weighted by Crippen LogP contribution is -2.11. The standard InChI is InChI=1S/C8H11NO3.H2O4S/c9-4-8(12)5-1-2-6(10)7(11)3-5;1-5(2,3)4/h1-3,8,10-12H,4,9H2;(H2,1,2,3,4). The third-order valence-corrected chi connectivity index (χ3v) is 1.61. The maximum Gasteiger partial charge on any atom is 0.394 e. The molecule has 17 heavy (non-hydrogen) atoms. The van der Waals surface area contributed by atoms with Gasteiger partial charge < -0.3 is 21.1 Å². The molecule has 1 aromatic rings. The summed E-state index contributed by atoms with van der Waals surface area (Å²) < 4.78 is 31.6. The molecule has 0 saturated carbocycles. The molecule has 0 bridgehead atoms. The zero-order valence-corrected chi connectivity index (χ0v) is 9.37. The highest BCUT2D eigenvalue weighted by molar-refractivity contribution is 7.79. The number of nitrogens with two attached hydrogens (primary N) is 1. The maximum atomic E-state index is 9.23. The summed E-state index contributed by atoms with van der Waals surface area (Å²) >= 11 is 0. The van der Waals surface area contributed by atoms with Gasteiger partial charge in [-0.25, -0.2) is 0 Å². The predicted octanol–water partition coefficient (Wildman–Crippen LogP) is -0.563. The fourth-order valence-corrected chi connectivity index (χ4v) is 0.884. The molecular formula is C8H13NO7S. The van der Waals surface area contributed by atoms with Crippen molar-refractivity contribution < 1.29 is 32.8 Å². The second-order valence-electron chi connectivity index (χ2n) is 2.95. The summed E-state index contributed by atoms with van der Waals surface area (Å²) in [7, 11) is -4.67. The smallest absolute Gasteiger partial charge is 0.394 e. The molecule has 8 nitrogen and oxygen atoms in total. The normalized spacial score (nSPS) is 12.5. The van der Waals surface area contributed by atoms with Crippen LogP contribution in [0, 0.1) is 0 Å². The summed E-state index contributed by atoms with van der Waals surface area (Å²) in [6, 6.07) is 4.10. The Morgan fingerprint density at radius 2 is 1.65 bits per heavy atom. The van der Waals surface area contributed by atoms with Crippen molar-refractivity contribution in [2.24, 2.45) is 5.73 Å². The summed E-state index contributed by atoms with van der Waals surface area (Å²) in [5.41, 5.74) is 5.69. The molecule has 1 atom stereocenters. The lowest BCUT2D eigenvalue weighted by Gasteiger charge is -2.08. The zero-order valence-electron chi connectivity index (χ0n) is 8.55. The van der Waals surface area contributed by atoms with E-state index in [2.05, 4.69) is 0 Å². The van der Waals surface area contributed by atoms with Crippen LogP contribution >= 0.6 is 0 Å². The van der Waals surface area contributed by atoms with E-state index in [-0.39, 0.29) is 18.0 Å². The third-order valence-electron chi connectivity index (χ3n) is 1.61. The molecule has 1 unspecified atom stereocenters. The van der Waals surface area contributed by atoms with Crippen LogP contribution in [0.3, 0.4) is 0 Å². The summed E-state index contributed by atoms with van der Waals surface area (Å²) in [6.45, 7) is 0.0875. The first-order chi connectivity index (χ1) is 7.65. The maximum absolute atomic E-state index is 9.23. The SMILES string of the molecule is NCC(O)c1ccc(O)c(O)c1.O=S(=O)(O)O. The molecule has 7 N–H and O–H groups in total. The van der Waals surface area contributed by atoms with Crippen LogP contribution in [0.2, 0.25) is 0 Å². The quantitative estimate of drug-likeness (QED) is 0.307. The van der Waals surface area contributed by atoms with Crippen LogP contribution in [0.15, 0.2) is 18.2 Å². The van der Waals surface area contributed by atoms with Crippen LogP contribution in [0.25, 0.3) is 0 Å². The van der Waals surface area contributed by atoms with E-state index in [1.165, 1.54) is 18.2 Å². The Bertz CT molecular complexity index is 451. The van der Waals surface area contributed by atoms with E-state index >= 15 is 0 Å². The zero-order chi connectivity index (χ0) is 13.6. The van der Waals surface area contributed by atoms with Crippen LogP contribution in [0.4, 0.5) is 0 Å². The van der Waals surface area contributed by atoms with Gasteiger partial charge in [0.15, 0.2) is 11.5 Å². The lowest BCUT2D eigenvalue weighted by molar-refractivity contribution is 0.186. The number of hydrogen-bond acceptors (Lipinski definition) is 6. The number of aliphatic hydroxyl groups excluding tert-OH is 1. The van der Waals surface area contributed by atoms with Crippen LogP contribution in [-0.2, 0) is 10.4 Å². The largest absolute Gasteiger partial charge is 0.504 e. The van der Waals surface area contributed by atoms with E-state index in [0.29, 0.717) is 5.56 Å². The fourth-order valence-electron chi connectivity index (χ4n) is 0.884. The van der Waals surface area contributed by atoms with Crippen LogP contribution in [-0.4, -0.2) is 39.4 Å². The van der Waals surface area contributed by atoms with Crippen molar-refractivity contribution in [3.05, 3.63) is 23.8 Å². The number of rotatable bonds is 2. The highest BCUT2D eigenvalue weighted by Crippen LogP contribution is 2.27. The molecule has 0 radical (unpaired) electrons. The monoisotopic (exact) mass is 267 g/mol. The molecule has 98 valence electrons. The Labute approximate surface area is 97.5 Å². The van der Waals surface area contributed by atoms with E-state index in [4.69, 9.17) is 33.5 Å². The average Bonchev–Trinajstić information content (AvgIpc) is 2.18. The van der Waals surface area contributed by atoms with Gasteiger partial charge in [0.2, 0.25) is 0 Å². The van der Waals surface area contributed by atoms with Gasteiger partial charge in [-0.3, -0.25) is 9.11 Å². The van der Waals surface area contributed by atoms with E-state index in [0.717, 1.165) is 0 Å². The van der Waals surface area contributed by atoms with Crippen LogP contribution in [0.5, 0.6) is 11.5 Å². The molecule has 1 rings (SSSR count). The number of phenols is 2. The van der Waals surface area contributed by atoms with Crippen LogP contribution < -0.4 is 5.73 Å².